The van der Waals surface area contributed by atoms with Gasteiger partial charge in [0.05, 0.1) is 6.61 Å². The van der Waals surface area contributed by atoms with E-state index >= 15 is 0 Å². The smallest absolute Gasteiger partial charge is 0.328 e. The van der Waals surface area contributed by atoms with Crippen LogP contribution in [0.25, 0.3) is 0 Å². The quantitative estimate of drug-likeness (QED) is 0.500. The third-order valence-electron chi connectivity index (χ3n) is 6.42. The first kappa shape index (κ1) is 26.0. The Balaban J connectivity index is 0.000000350. The summed E-state index contributed by atoms with van der Waals surface area (Å²) in [7, 11) is 2.21. The van der Waals surface area contributed by atoms with Gasteiger partial charge in [-0.3, -0.25) is 0 Å². The van der Waals surface area contributed by atoms with Crippen molar-refractivity contribution in [2.75, 3.05) is 13.7 Å². The molecule has 34 heavy (non-hydrogen) atoms. The van der Waals surface area contributed by atoms with Crippen molar-refractivity contribution in [3.8, 4) is 5.75 Å². The summed E-state index contributed by atoms with van der Waals surface area (Å²) in [4.78, 5) is 21.6. The summed E-state index contributed by atoms with van der Waals surface area (Å²) >= 11 is 12.3. The molecule has 2 saturated heterocycles. The summed E-state index contributed by atoms with van der Waals surface area (Å²) in [6.07, 6.45) is 4.60. The number of hydrogen-bond acceptors (Lipinski definition) is 4. The molecule has 2 unspecified atom stereocenters. The number of ether oxygens (including phenoxy) is 1. The van der Waals surface area contributed by atoms with Crippen LogP contribution in [-0.4, -0.2) is 52.8 Å². The van der Waals surface area contributed by atoms with E-state index in [2.05, 4.69) is 24.1 Å². The van der Waals surface area contributed by atoms with Gasteiger partial charge in [-0.1, -0.05) is 41.4 Å². The number of hydrogen-bond donors (Lipinski definition) is 2. The molecule has 2 aromatic rings. The van der Waals surface area contributed by atoms with Crippen LogP contribution in [0.1, 0.15) is 30.7 Å². The fourth-order valence-corrected chi connectivity index (χ4v) is 5.23. The molecular weight excluding hydrogens is 484 g/mol. The second-order valence-corrected chi connectivity index (χ2v) is 9.21. The molecule has 0 radical (unpaired) electrons. The fraction of sp³-hybridized carbons (Fsp3) is 0.360. The molecule has 2 aliphatic heterocycles. The Morgan fingerprint density at radius 3 is 2.44 bits per heavy atom. The van der Waals surface area contributed by atoms with Gasteiger partial charge in [-0.2, -0.15) is 0 Å². The molecule has 182 valence electrons. The van der Waals surface area contributed by atoms with Crippen LogP contribution >= 0.6 is 23.2 Å². The average molecular weight is 510 g/mol. The van der Waals surface area contributed by atoms with Crippen molar-refractivity contribution >= 4 is 35.1 Å². The highest BCUT2D eigenvalue weighted by atomic mass is 35.5. The highest BCUT2D eigenvalue weighted by Crippen LogP contribution is 2.46. The predicted molar refractivity (Wildman–Crippen MR) is 128 cm³/mol. The van der Waals surface area contributed by atoms with Crippen molar-refractivity contribution in [2.24, 2.45) is 5.92 Å². The first-order chi connectivity index (χ1) is 16.2. The first-order valence-corrected chi connectivity index (χ1v) is 11.6. The van der Waals surface area contributed by atoms with E-state index in [1.807, 2.05) is 12.1 Å². The molecule has 2 fully saturated rings. The van der Waals surface area contributed by atoms with Gasteiger partial charge in [-0.25, -0.2) is 14.0 Å². The van der Waals surface area contributed by atoms with Gasteiger partial charge in [-0.15, -0.1) is 0 Å². The van der Waals surface area contributed by atoms with Crippen LogP contribution in [0.2, 0.25) is 10.0 Å². The molecule has 4 rings (SSSR count). The van der Waals surface area contributed by atoms with E-state index in [4.69, 9.17) is 38.2 Å². The number of aliphatic carboxylic acids is 2. The second kappa shape index (κ2) is 11.7. The van der Waals surface area contributed by atoms with Crippen molar-refractivity contribution in [2.45, 2.75) is 37.3 Å². The Morgan fingerprint density at radius 2 is 1.79 bits per heavy atom. The molecule has 0 aliphatic carbocycles. The van der Waals surface area contributed by atoms with Crippen molar-refractivity contribution in [3.05, 3.63) is 76.0 Å². The van der Waals surface area contributed by atoms with Crippen LogP contribution in [0.15, 0.2) is 54.6 Å². The van der Waals surface area contributed by atoms with E-state index in [0.29, 0.717) is 48.4 Å². The topological polar surface area (TPSA) is 87.1 Å². The molecule has 0 saturated carbocycles. The summed E-state index contributed by atoms with van der Waals surface area (Å²) in [5.74, 6) is -1.84. The molecule has 4 atom stereocenters. The number of fused-ring (bicyclic) bond motifs is 2. The Hall–Kier alpha value is -2.61. The average Bonchev–Trinajstić information content (AvgIpc) is 3.03. The lowest BCUT2D eigenvalue weighted by molar-refractivity contribution is -0.134. The normalized spacial score (nSPS) is 23.9. The highest BCUT2D eigenvalue weighted by molar-refractivity contribution is 6.32. The number of piperidine rings is 1. The summed E-state index contributed by atoms with van der Waals surface area (Å²) in [5, 5.41) is 16.4. The number of rotatable bonds is 6. The first-order valence-electron chi connectivity index (χ1n) is 10.9. The molecule has 0 amide bonds. The largest absolute Gasteiger partial charge is 0.492 e. The number of nitrogens with zero attached hydrogens (tertiary/aromatic N) is 1. The summed E-state index contributed by atoms with van der Waals surface area (Å²) in [5.41, 5.74) is 1.27. The van der Waals surface area contributed by atoms with Crippen molar-refractivity contribution in [1.82, 2.24) is 4.90 Å². The molecule has 2 bridgehead atoms. The van der Waals surface area contributed by atoms with E-state index in [9.17, 15) is 14.0 Å². The van der Waals surface area contributed by atoms with Crippen LogP contribution in [0.5, 0.6) is 5.75 Å². The minimum absolute atomic E-state index is 0.0558. The summed E-state index contributed by atoms with van der Waals surface area (Å²) in [6, 6.07) is 13.9. The fourth-order valence-electron chi connectivity index (χ4n) is 4.85. The lowest BCUT2D eigenvalue weighted by Gasteiger charge is -2.43. The summed E-state index contributed by atoms with van der Waals surface area (Å²) in [6.45, 7) is 0.516. The molecule has 2 aromatic carbocycles. The maximum absolute atomic E-state index is 13.7. The van der Waals surface area contributed by atoms with Gasteiger partial charge in [-0.05, 0) is 62.1 Å². The maximum Gasteiger partial charge on any atom is 0.328 e. The number of halogens is 3. The van der Waals surface area contributed by atoms with E-state index in [0.717, 1.165) is 11.4 Å². The van der Waals surface area contributed by atoms with E-state index < -0.39 is 17.8 Å². The predicted octanol–water partition coefficient (Wildman–Crippen LogP) is 5.49. The maximum atomic E-state index is 13.7. The molecule has 9 heteroatoms. The van der Waals surface area contributed by atoms with Crippen molar-refractivity contribution in [1.29, 1.82) is 0 Å². The standard InChI is InChI=1S/C21H22Cl2FNO.C4H4O4/c1-25-15-8-9-19(25)17(12-26-20-7-3-6-18(24)21(20)23)16(11-15)13-4-2-5-14(22)10-13;5-3(6)1-2-4(7)8/h2-7,10,15-17,19H,8-9,11-12H2,1H3;1-2H,(H,5,6)(H,7,8)/b;2-1+/t15?,16-,17-,19?;/m1./s1. The number of carboxylic acid groups (broad SMARTS) is 2. The second-order valence-electron chi connectivity index (χ2n) is 8.40. The molecule has 0 aromatic heterocycles. The lowest BCUT2D eigenvalue weighted by Crippen LogP contribution is -2.47. The Bertz CT molecular complexity index is 1050. The number of benzene rings is 2. The summed E-state index contributed by atoms with van der Waals surface area (Å²) < 4.78 is 19.7. The molecule has 6 nitrogen and oxygen atoms in total. The SMILES string of the molecule is CN1C2CCC1[C@H](COc1cccc(F)c1Cl)[C@@H](c1cccc(Cl)c1)C2.O=C(O)/C=C/C(=O)O. The minimum Gasteiger partial charge on any atom is -0.492 e. The highest BCUT2D eigenvalue weighted by Gasteiger charge is 2.46. The van der Waals surface area contributed by atoms with Crippen molar-refractivity contribution in [3.63, 3.8) is 0 Å². The van der Waals surface area contributed by atoms with Gasteiger partial charge in [0.25, 0.3) is 0 Å². The molecule has 2 heterocycles. The van der Waals surface area contributed by atoms with Crippen LogP contribution in [-0.2, 0) is 9.59 Å². The van der Waals surface area contributed by atoms with Crippen LogP contribution in [0, 0.1) is 11.7 Å². The third kappa shape index (κ3) is 6.50. The molecule has 2 aliphatic rings. The number of carboxylic acids is 2. The lowest BCUT2D eigenvalue weighted by atomic mass is 9.76. The molecule has 0 spiro atoms. The Morgan fingerprint density at radius 1 is 1.12 bits per heavy atom. The zero-order chi connectivity index (χ0) is 24.8. The molecular formula is C25H26Cl2FNO5. The van der Waals surface area contributed by atoms with Crippen molar-refractivity contribution < 1.29 is 28.9 Å². The van der Waals surface area contributed by atoms with Gasteiger partial charge in [0.2, 0.25) is 0 Å². The zero-order valence-electron chi connectivity index (χ0n) is 18.5. The van der Waals surface area contributed by atoms with E-state index in [-0.39, 0.29) is 5.02 Å². The number of carbonyl (C=O) groups is 2. The monoisotopic (exact) mass is 509 g/mol. The molecule has 2 N–H and O–H groups in total. The van der Waals surface area contributed by atoms with Gasteiger partial charge in [0.1, 0.15) is 16.6 Å². The van der Waals surface area contributed by atoms with Gasteiger partial charge in [0.15, 0.2) is 0 Å². The Labute approximate surface area is 207 Å². The van der Waals surface area contributed by atoms with Gasteiger partial charge in [0, 0.05) is 35.2 Å². The third-order valence-corrected chi connectivity index (χ3v) is 7.03. The zero-order valence-corrected chi connectivity index (χ0v) is 20.0. The van der Waals surface area contributed by atoms with Gasteiger partial charge < -0.3 is 19.8 Å². The van der Waals surface area contributed by atoms with Crippen LogP contribution in [0.3, 0.4) is 0 Å². The van der Waals surface area contributed by atoms with E-state index in [1.165, 1.54) is 24.5 Å². The van der Waals surface area contributed by atoms with E-state index in [1.54, 1.807) is 12.1 Å². The Kier molecular flexibility index (Phi) is 8.94. The van der Waals surface area contributed by atoms with Crippen LogP contribution < -0.4 is 4.74 Å². The van der Waals surface area contributed by atoms with Crippen LogP contribution in [0.4, 0.5) is 4.39 Å². The van der Waals surface area contributed by atoms with Gasteiger partial charge >= 0.3 is 11.9 Å². The minimum atomic E-state index is -1.26.